The summed E-state index contributed by atoms with van der Waals surface area (Å²) in [4.78, 5) is 0. The number of nitrogens with zero attached hydrogens (tertiary/aromatic N) is 1. The molecule has 1 aromatic rings. The van der Waals surface area contributed by atoms with E-state index < -0.39 is 0 Å². The van der Waals surface area contributed by atoms with Gasteiger partial charge in [-0.15, -0.1) is 0 Å². The lowest BCUT2D eigenvalue weighted by Gasteiger charge is -2.10. The zero-order valence-corrected chi connectivity index (χ0v) is 9.66. The van der Waals surface area contributed by atoms with E-state index in [1.54, 1.807) is 12.1 Å². The summed E-state index contributed by atoms with van der Waals surface area (Å²) in [6, 6.07) is 7.37. The topological polar surface area (TPSA) is 71.1 Å². The summed E-state index contributed by atoms with van der Waals surface area (Å²) in [6.45, 7) is 5.35. The SMILES string of the molecule is CC(C)OCCNc1ccc(N)c(C#N)c1. The maximum absolute atomic E-state index is 8.80. The minimum Gasteiger partial charge on any atom is -0.398 e. The van der Waals surface area contributed by atoms with Gasteiger partial charge in [0.25, 0.3) is 0 Å². The van der Waals surface area contributed by atoms with E-state index in [0.29, 0.717) is 24.4 Å². The maximum atomic E-state index is 8.80. The van der Waals surface area contributed by atoms with E-state index in [-0.39, 0.29) is 6.10 Å². The Hall–Kier alpha value is -1.73. The van der Waals surface area contributed by atoms with Gasteiger partial charge in [-0.05, 0) is 32.0 Å². The molecule has 0 aliphatic carbocycles. The molecule has 0 bridgehead atoms. The highest BCUT2D eigenvalue weighted by Crippen LogP contribution is 2.16. The van der Waals surface area contributed by atoms with Crippen LogP contribution in [0.25, 0.3) is 0 Å². The van der Waals surface area contributed by atoms with Crippen LogP contribution >= 0.6 is 0 Å². The molecule has 0 spiro atoms. The van der Waals surface area contributed by atoms with Crippen LogP contribution in [-0.4, -0.2) is 19.3 Å². The molecular formula is C12H17N3O. The number of nitrogens with one attached hydrogen (secondary N) is 1. The van der Waals surface area contributed by atoms with Crippen molar-refractivity contribution in [2.45, 2.75) is 20.0 Å². The Morgan fingerprint density at radius 2 is 2.25 bits per heavy atom. The van der Waals surface area contributed by atoms with Crippen molar-refractivity contribution in [2.24, 2.45) is 0 Å². The molecule has 0 aliphatic rings. The van der Waals surface area contributed by atoms with E-state index in [1.165, 1.54) is 0 Å². The molecule has 0 fully saturated rings. The van der Waals surface area contributed by atoms with Gasteiger partial charge in [0.2, 0.25) is 0 Å². The number of hydrogen-bond donors (Lipinski definition) is 2. The van der Waals surface area contributed by atoms with Crippen molar-refractivity contribution >= 4 is 11.4 Å². The highest BCUT2D eigenvalue weighted by atomic mass is 16.5. The second-order valence-electron chi connectivity index (χ2n) is 3.76. The molecule has 0 saturated heterocycles. The second-order valence-corrected chi connectivity index (χ2v) is 3.76. The Balaban J connectivity index is 2.46. The maximum Gasteiger partial charge on any atom is 0.101 e. The van der Waals surface area contributed by atoms with E-state index in [2.05, 4.69) is 5.32 Å². The van der Waals surface area contributed by atoms with E-state index >= 15 is 0 Å². The first-order valence-electron chi connectivity index (χ1n) is 5.28. The van der Waals surface area contributed by atoms with Gasteiger partial charge in [-0.1, -0.05) is 0 Å². The summed E-state index contributed by atoms with van der Waals surface area (Å²) in [5.74, 6) is 0. The average Bonchev–Trinajstić information content (AvgIpc) is 2.26. The van der Waals surface area contributed by atoms with Gasteiger partial charge < -0.3 is 15.8 Å². The molecule has 86 valence electrons. The lowest BCUT2D eigenvalue weighted by atomic mass is 10.2. The smallest absolute Gasteiger partial charge is 0.101 e. The van der Waals surface area contributed by atoms with Gasteiger partial charge in [0.15, 0.2) is 0 Å². The fourth-order valence-corrected chi connectivity index (χ4v) is 1.25. The zero-order valence-electron chi connectivity index (χ0n) is 9.66. The van der Waals surface area contributed by atoms with E-state index in [4.69, 9.17) is 15.7 Å². The third kappa shape index (κ3) is 3.79. The van der Waals surface area contributed by atoms with Crippen LogP contribution in [0.1, 0.15) is 19.4 Å². The molecule has 4 nitrogen and oxygen atoms in total. The van der Waals surface area contributed by atoms with Crippen LogP contribution < -0.4 is 11.1 Å². The van der Waals surface area contributed by atoms with Gasteiger partial charge in [0, 0.05) is 17.9 Å². The highest BCUT2D eigenvalue weighted by Gasteiger charge is 1.99. The summed E-state index contributed by atoms with van der Waals surface area (Å²) in [5.41, 5.74) is 7.51. The number of anilines is 2. The Morgan fingerprint density at radius 1 is 1.50 bits per heavy atom. The van der Waals surface area contributed by atoms with Crippen molar-refractivity contribution in [3.8, 4) is 6.07 Å². The Morgan fingerprint density at radius 3 is 2.88 bits per heavy atom. The van der Waals surface area contributed by atoms with Crippen LogP contribution in [0.4, 0.5) is 11.4 Å². The standard InChI is InChI=1S/C12H17N3O/c1-9(2)16-6-5-15-11-3-4-12(14)10(7-11)8-13/h3-4,7,9,15H,5-6,14H2,1-2H3. The van der Waals surface area contributed by atoms with Crippen molar-refractivity contribution in [2.75, 3.05) is 24.2 Å². The quantitative estimate of drug-likeness (QED) is 0.586. The zero-order chi connectivity index (χ0) is 12.0. The van der Waals surface area contributed by atoms with Crippen molar-refractivity contribution in [1.29, 1.82) is 5.26 Å². The summed E-state index contributed by atoms with van der Waals surface area (Å²) >= 11 is 0. The number of ether oxygens (including phenoxy) is 1. The first kappa shape index (κ1) is 12.3. The molecule has 0 amide bonds. The first-order chi connectivity index (χ1) is 7.63. The van der Waals surface area contributed by atoms with Crippen LogP contribution in [0.5, 0.6) is 0 Å². The summed E-state index contributed by atoms with van der Waals surface area (Å²) in [7, 11) is 0. The molecule has 0 heterocycles. The van der Waals surface area contributed by atoms with E-state index in [9.17, 15) is 0 Å². The van der Waals surface area contributed by atoms with Crippen molar-refractivity contribution < 1.29 is 4.74 Å². The Kier molecular flexibility index (Phi) is 4.62. The number of hydrogen-bond acceptors (Lipinski definition) is 4. The largest absolute Gasteiger partial charge is 0.398 e. The molecule has 4 heteroatoms. The first-order valence-corrected chi connectivity index (χ1v) is 5.28. The summed E-state index contributed by atoms with van der Waals surface area (Å²) in [5, 5.41) is 12.0. The third-order valence-corrected chi connectivity index (χ3v) is 2.06. The lowest BCUT2D eigenvalue weighted by Crippen LogP contribution is -2.13. The van der Waals surface area contributed by atoms with Crippen molar-refractivity contribution in [1.82, 2.24) is 0 Å². The predicted molar refractivity (Wildman–Crippen MR) is 65.1 cm³/mol. The normalized spacial score (nSPS) is 10.1. The number of nitriles is 1. The fourth-order valence-electron chi connectivity index (χ4n) is 1.25. The van der Waals surface area contributed by atoms with Gasteiger partial charge in [-0.2, -0.15) is 5.26 Å². The average molecular weight is 219 g/mol. The van der Waals surface area contributed by atoms with Crippen LogP contribution in [0, 0.1) is 11.3 Å². The Bertz CT molecular complexity index is 382. The number of nitrogen functional groups attached to an aromatic ring is 1. The third-order valence-electron chi connectivity index (χ3n) is 2.06. The molecule has 1 aromatic carbocycles. The summed E-state index contributed by atoms with van der Waals surface area (Å²) < 4.78 is 5.39. The minimum absolute atomic E-state index is 0.239. The van der Waals surface area contributed by atoms with Gasteiger partial charge in [0.1, 0.15) is 6.07 Å². The van der Waals surface area contributed by atoms with Gasteiger partial charge >= 0.3 is 0 Å². The number of nitrogens with two attached hydrogens (primary N) is 1. The fraction of sp³-hybridized carbons (Fsp3) is 0.417. The Labute approximate surface area is 96.0 Å². The van der Waals surface area contributed by atoms with Crippen LogP contribution in [0.15, 0.2) is 18.2 Å². The molecule has 0 saturated carbocycles. The van der Waals surface area contributed by atoms with Crippen LogP contribution in [-0.2, 0) is 4.74 Å². The molecule has 1 rings (SSSR count). The van der Waals surface area contributed by atoms with E-state index in [0.717, 1.165) is 5.69 Å². The molecule has 0 unspecified atom stereocenters. The molecule has 0 aliphatic heterocycles. The van der Waals surface area contributed by atoms with Crippen molar-refractivity contribution in [3.63, 3.8) is 0 Å². The predicted octanol–water partition coefficient (Wildman–Crippen LogP) is 1.98. The second kappa shape index (κ2) is 5.99. The number of benzene rings is 1. The molecular weight excluding hydrogens is 202 g/mol. The monoisotopic (exact) mass is 219 g/mol. The minimum atomic E-state index is 0.239. The highest BCUT2D eigenvalue weighted by molar-refractivity contribution is 5.61. The molecule has 3 N–H and O–H groups in total. The molecule has 0 aromatic heterocycles. The van der Waals surface area contributed by atoms with Gasteiger partial charge in [-0.25, -0.2) is 0 Å². The molecule has 16 heavy (non-hydrogen) atoms. The lowest BCUT2D eigenvalue weighted by molar-refractivity contribution is 0.0870. The van der Waals surface area contributed by atoms with Crippen molar-refractivity contribution in [3.05, 3.63) is 23.8 Å². The summed E-state index contributed by atoms with van der Waals surface area (Å²) in [6.07, 6.45) is 0.239. The number of rotatable bonds is 5. The van der Waals surface area contributed by atoms with Crippen LogP contribution in [0.2, 0.25) is 0 Å². The molecule has 0 atom stereocenters. The van der Waals surface area contributed by atoms with E-state index in [1.807, 2.05) is 26.0 Å². The van der Waals surface area contributed by atoms with Gasteiger partial charge in [0.05, 0.1) is 18.3 Å². The van der Waals surface area contributed by atoms with Crippen LogP contribution in [0.3, 0.4) is 0 Å². The van der Waals surface area contributed by atoms with Gasteiger partial charge in [-0.3, -0.25) is 0 Å². The molecule has 0 radical (unpaired) electrons.